The molecule has 2 aromatic heterocycles. The molecule has 2 fully saturated rings. The van der Waals surface area contributed by atoms with Gasteiger partial charge in [0, 0.05) is 37.6 Å². The van der Waals surface area contributed by atoms with E-state index in [0.717, 1.165) is 24.6 Å². The van der Waals surface area contributed by atoms with Gasteiger partial charge in [-0.3, -0.25) is 14.8 Å². The van der Waals surface area contributed by atoms with Crippen molar-refractivity contribution in [1.82, 2.24) is 14.8 Å². The zero-order valence-corrected chi connectivity index (χ0v) is 23.5. The molecular formula is C26H30F9N3O7. The van der Waals surface area contributed by atoms with Crippen molar-refractivity contribution in [3.8, 4) is 0 Å². The summed E-state index contributed by atoms with van der Waals surface area (Å²) >= 11 is 0. The summed E-state index contributed by atoms with van der Waals surface area (Å²) in [6.07, 6.45) is -6.16. The average Bonchev–Trinajstić information content (AvgIpc) is 3.50. The van der Waals surface area contributed by atoms with Gasteiger partial charge in [0.25, 0.3) is 0 Å². The maximum absolute atomic E-state index is 10.6. The van der Waals surface area contributed by atoms with Gasteiger partial charge in [0.1, 0.15) is 11.5 Å². The van der Waals surface area contributed by atoms with E-state index in [1.165, 1.54) is 50.9 Å². The standard InChI is InChI=1S/C20H27N3O.3C2HF3O2/c1-17-5-6-19(24-17)16-22-12-8-20(9-13-22)7-3-11-23(20)15-18-4-2-10-21-14-18;3*3-2(4,5)1(6)7/h2,4-6,10,14H,3,7-9,11-13,15-16H2,1H3;3*(H,6,7). The molecule has 45 heavy (non-hydrogen) atoms. The second-order valence-electron chi connectivity index (χ2n) is 9.81. The Kier molecular flexibility index (Phi) is 14.3. The van der Waals surface area contributed by atoms with Gasteiger partial charge in [-0.25, -0.2) is 14.4 Å². The molecule has 0 unspecified atom stereocenters. The van der Waals surface area contributed by atoms with Crippen molar-refractivity contribution in [3.63, 3.8) is 0 Å². The first kappa shape index (κ1) is 39.2. The van der Waals surface area contributed by atoms with Crippen LogP contribution in [0.1, 0.15) is 42.8 Å². The topological polar surface area (TPSA) is 144 Å². The summed E-state index contributed by atoms with van der Waals surface area (Å²) in [4.78, 5) is 36.2. The predicted molar refractivity (Wildman–Crippen MR) is 136 cm³/mol. The number of piperidine rings is 1. The highest BCUT2D eigenvalue weighted by molar-refractivity contribution is 5.73. The van der Waals surface area contributed by atoms with Crippen molar-refractivity contribution in [2.45, 2.75) is 69.8 Å². The Hall–Kier alpha value is -3.87. The molecule has 10 nitrogen and oxygen atoms in total. The van der Waals surface area contributed by atoms with E-state index in [4.69, 9.17) is 34.1 Å². The molecule has 3 N–H and O–H groups in total. The Morgan fingerprint density at radius 2 is 1.29 bits per heavy atom. The summed E-state index contributed by atoms with van der Waals surface area (Å²) in [7, 11) is 0. The number of aryl methyl sites for hydroxylation is 1. The molecule has 2 aliphatic heterocycles. The molecule has 2 aromatic rings. The summed E-state index contributed by atoms with van der Waals surface area (Å²) in [6, 6.07) is 8.43. The summed E-state index contributed by atoms with van der Waals surface area (Å²) in [5.41, 5.74) is 1.75. The first-order valence-electron chi connectivity index (χ1n) is 12.9. The average molecular weight is 668 g/mol. The zero-order chi connectivity index (χ0) is 34.6. The molecule has 4 rings (SSSR count). The number of rotatable bonds is 4. The quantitative estimate of drug-likeness (QED) is 0.357. The highest BCUT2D eigenvalue weighted by Crippen LogP contribution is 2.39. The second-order valence-corrected chi connectivity index (χ2v) is 9.81. The van der Waals surface area contributed by atoms with E-state index in [0.29, 0.717) is 5.54 Å². The van der Waals surface area contributed by atoms with Gasteiger partial charge in [0.2, 0.25) is 0 Å². The molecule has 0 bridgehead atoms. The number of aliphatic carboxylic acids is 3. The number of carbonyl (C=O) groups is 3. The van der Waals surface area contributed by atoms with Crippen molar-refractivity contribution < 1.29 is 73.6 Å². The Labute approximate surface area is 250 Å². The number of pyridine rings is 1. The number of carboxylic acids is 3. The lowest BCUT2D eigenvalue weighted by Gasteiger charge is -2.45. The maximum Gasteiger partial charge on any atom is 0.490 e. The minimum absolute atomic E-state index is 0.408. The number of likely N-dealkylation sites (tertiary alicyclic amines) is 2. The van der Waals surface area contributed by atoms with Crippen molar-refractivity contribution in [3.05, 3.63) is 53.7 Å². The third-order valence-electron chi connectivity index (χ3n) is 6.53. The molecule has 254 valence electrons. The normalized spacial score (nSPS) is 16.8. The van der Waals surface area contributed by atoms with E-state index in [-0.39, 0.29) is 0 Å². The van der Waals surface area contributed by atoms with Gasteiger partial charge in [0.15, 0.2) is 0 Å². The van der Waals surface area contributed by atoms with Gasteiger partial charge in [-0.15, -0.1) is 0 Å². The number of alkyl halides is 9. The molecule has 4 heterocycles. The fourth-order valence-corrected chi connectivity index (χ4v) is 4.44. The van der Waals surface area contributed by atoms with Crippen LogP contribution < -0.4 is 0 Å². The molecule has 0 amide bonds. The number of nitrogens with zero attached hydrogens (tertiary/aromatic N) is 3. The van der Waals surface area contributed by atoms with E-state index < -0.39 is 36.4 Å². The number of aromatic nitrogens is 1. The van der Waals surface area contributed by atoms with Crippen molar-refractivity contribution in [1.29, 1.82) is 0 Å². The SMILES string of the molecule is Cc1ccc(CN2CCC3(CCCN3Cc3cccnc3)CC2)o1.O=C(O)C(F)(F)F.O=C(O)C(F)(F)F.O=C(O)C(F)(F)F. The van der Waals surface area contributed by atoms with Gasteiger partial charge >= 0.3 is 36.4 Å². The van der Waals surface area contributed by atoms with Crippen LogP contribution in [0, 0.1) is 6.92 Å². The monoisotopic (exact) mass is 667 g/mol. The fraction of sp³-hybridized carbons (Fsp3) is 0.538. The van der Waals surface area contributed by atoms with Crippen molar-refractivity contribution in [2.24, 2.45) is 0 Å². The van der Waals surface area contributed by atoms with E-state index in [1.54, 1.807) is 0 Å². The first-order valence-corrected chi connectivity index (χ1v) is 12.9. The van der Waals surface area contributed by atoms with Gasteiger partial charge in [-0.1, -0.05) is 6.07 Å². The van der Waals surface area contributed by atoms with Crippen LogP contribution in [-0.4, -0.2) is 91.7 Å². The molecule has 2 saturated heterocycles. The molecule has 0 atom stereocenters. The Morgan fingerprint density at radius 3 is 1.67 bits per heavy atom. The van der Waals surface area contributed by atoms with Crippen molar-refractivity contribution in [2.75, 3.05) is 19.6 Å². The third-order valence-corrected chi connectivity index (χ3v) is 6.53. The number of hydrogen-bond acceptors (Lipinski definition) is 7. The fourth-order valence-electron chi connectivity index (χ4n) is 4.44. The molecular weight excluding hydrogens is 637 g/mol. The van der Waals surface area contributed by atoms with Crippen LogP contribution >= 0.6 is 0 Å². The minimum atomic E-state index is -5.08. The van der Waals surface area contributed by atoms with Gasteiger partial charge in [-0.05, 0) is 62.9 Å². The zero-order valence-electron chi connectivity index (χ0n) is 23.5. The molecule has 0 saturated carbocycles. The summed E-state index contributed by atoms with van der Waals surface area (Å²) in [5.74, 6) is -6.16. The van der Waals surface area contributed by atoms with Crippen LogP contribution in [0.15, 0.2) is 41.1 Å². The van der Waals surface area contributed by atoms with Crippen LogP contribution in [0.4, 0.5) is 39.5 Å². The Balaban J connectivity index is 0.000000396. The molecule has 2 aliphatic rings. The lowest BCUT2D eigenvalue weighted by Crippen LogP contribution is -2.51. The van der Waals surface area contributed by atoms with Gasteiger partial charge in [0.05, 0.1) is 6.54 Å². The van der Waals surface area contributed by atoms with E-state index in [9.17, 15) is 39.5 Å². The predicted octanol–water partition coefficient (Wildman–Crippen LogP) is 5.51. The summed E-state index contributed by atoms with van der Waals surface area (Å²) < 4.78 is 101. The highest BCUT2D eigenvalue weighted by atomic mass is 19.4. The van der Waals surface area contributed by atoms with E-state index >= 15 is 0 Å². The van der Waals surface area contributed by atoms with E-state index in [2.05, 4.69) is 33.0 Å². The first-order chi connectivity index (χ1) is 20.6. The maximum atomic E-state index is 10.6. The number of furan rings is 1. The van der Waals surface area contributed by atoms with Crippen LogP contribution in [0.5, 0.6) is 0 Å². The molecule has 0 aromatic carbocycles. The third kappa shape index (κ3) is 14.2. The Bertz CT molecular complexity index is 1170. The second kappa shape index (κ2) is 16.4. The molecule has 0 radical (unpaired) electrons. The van der Waals surface area contributed by atoms with Crippen LogP contribution in [0.3, 0.4) is 0 Å². The van der Waals surface area contributed by atoms with Crippen molar-refractivity contribution >= 4 is 17.9 Å². The number of halogens is 9. The smallest absolute Gasteiger partial charge is 0.475 e. The lowest BCUT2D eigenvalue weighted by atomic mass is 9.84. The molecule has 0 aliphatic carbocycles. The Morgan fingerprint density at radius 1 is 0.800 bits per heavy atom. The summed E-state index contributed by atoms with van der Waals surface area (Å²) in [6.45, 7) is 7.58. The van der Waals surface area contributed by atoms with E-state index in [1.807, 2.05) is 25.4 Å². The minimum Gasteiger partial charge on any atom is -0.475 e. The van der Waals surface area contributed by atoms with Crippen LogP contribution in [0.2, 0.25) is 0 Å². The molecule has 19 heteroatoms. The van der Waals surface area contributed by atoms with Crippen LogP contribution in [-0.2, 0) is 27.5 Å². The number of carboxylic acid groups (broad SMARTS) is 3. The number of hydrogen-bond donors (Lipinski definition) is 3. The largest absolute Gasteiger partial charge is 0.490 e. The lowest BCUT2D eigenvalue weighted by molar-refractivity contribution is -0.193. The highest BCUT2D eigenvalue weighted by Gasteiger charge is 2.43. The van der Waals surface area contributed by atoms with Gasteiger partial charge in [-0.2, -0.15) is 39.5 Å². The summed E-state index contributed by atoms with van der Waals surface area (Å²) in [5, 5.41) is 21.4. The van der Waals surface area contributed by atoms with Crippen LogP contribution in [0.25, 0.3) is 0 Å². The molecule has 1 spiro atoms. The van der Waals surface area contributed by atoms with Gasteiger partial charge < -0.3 is 19.7 Å².